The highest BCUT2D eigenvalue weighted by Crippen LogP contribution is 2.22. The van der Waals surface area contributed by atoms with E-state index in [0.29, 0.717) is 27.6 Å². The van der Waals surface area contributed by atoms with E-state index in [0.717, 1.165) is 0 Å². The summed E-state index contributed by atoms with van der Waals surface area (Å²) in [6.45, 7) is 0. The van der Waals surface area contributed by atoms with Gasteiger partial charge in [0.1, 0.15) is 5.82 Å². The van der Waals surface area contributed by atoms with Gasteiger partial charge in [-0.2, -0.15) is 0 Å². The molecule has 0 spiro atoms. The Bertz CT molecular complexity index is 721. The van der Waals surface area contributed by atoms with Gasteiger partial charge in [-0.25, -0.2) is 4.39 Å². The molecule has 0 unspecified atom stereocenters. The minimum atomic E-state index is -1.03. The van der Waals surface area contributed by atoms with Gasteiger partial charge in [-0.15, -0.1) is 0 Å². The van der Waals surface area contributed by atoms with Crippen molar-refractivity contribution in [3.8, 4) is 0 Å². The molecule has 2 aromatic carbocycles. The molecule has 0 saturated heterocycles. The van der Waals surface area contributed by atoms with Crippen molar-refractivity contribution in [1.29, 1.82) is 0 Å². The van der Waals surface area contributed by atoms with Crippen molar-refractivity contribution in [2.45, 2.75) is 12.2 Å². The van der Waals surface area contributed by atoms with Crippen LogP contribution in [0.4, 0.5) is 10.1 Å². The maximum atomic E-state index is 13.5. The molecule has 0 aromatic heterocycles. The fraction of sp³-hybridized carbons (Fsp3) is 0.188. The van der Waals surface area contributed by atoms with E-state index >= 15 is 0 Å². The molecule has 6 heteroatoms. The highest BCUT2D eigenvalue weighted by Gasteiger charge is 2.10. The maximum Gasteiger partial charge on any atom is 0.228 e. The van der Waals surface area contributed by atoms with E-state index in [4.69, 9.17) is 11.6 Å². The lowest BCUT2D eigenvalue weighted by Gasteiger charge is -2.09. The Morgan fingerprint density at radius 2 is 1.95 bits per heavy atom. The van der Waals surface area contributed by atoms with E-state index in [1.54, 1.807) is 42.7 Å². The molecule has 0 aliphatic carbocycles. The molecule has 116 valence electrons. The van der Waals surface area contributed by atoms with Gasteiger partial charge >= 0.3 is 0 Å². The molecular weight excluding hydrogens is 325 g/mol. The van der Waals surface area contributed by atoms with Crippen LogP contribution in [0.1, 0.15) is 11.1 Å². The second kappa shape index (κ2) is 7.51. The smallest absolute Gasteiger partial charge is 0.228 e. The Morgan fingerprint density at radius 1 is 1.23 bits per heavy atom. The second-order valence-corrected chi connectivity index (χ2v) is 6.68. The second-order valence-electron chi connectivity index (χ2n) is 4.84. The van der Waals surface area contributed by atoms with Gasteiger partial charge < -0.3 is 5.32 Å². The Kier molecular flexibility index (Phi) is 5.69. The van der Waals surface area contributed by atoms with Crippen LogP contribution in [0.5, 0.6) is 0 Å². The third-order valence-electron chi connectivity index (χ3n) is 3.00. The monoisotopic (exact) mass is 339 g/mol. The van der Waals surface area contributed by atoms with Crippen molar-refractivity contribution < 1.29 is 13.4 Å². The third kappa shape index (κ3) is 4.64. The van der Waals surface area contributed by atoms with Crippen molar-refractivity contribution in [3.63, 3.8) is 0 Å². The number of amides is 1. The van der Waals surface area contributed by atoms with Crippen LogP contribution in [0.25, 0.3) is 0 Å². The van der Waals surface area contributed by atoms with Crippen molar-refractivity contribution in [2.75, 3.05) is 11.6 Å². The van der Waals surface area contributed by atoms with Gasteiger partial charge in [-0.05, 0) is 35.4 Å². The van der Waals surface area contributed by atoms with Crippen LogP contribution in [0.15, 0.2) is 42.5 Å². The first-order chi connectivity index (χ1) is 10.5. The van der Waals surface area contributed by atoms with E-state index in [2.05, 4.69) is 5.32 Å². The zero-order valence-electron chi connectivity index (χ0n) is 11.9. The predicted molar refractivity (Wildman–Crippen MR) is 88.0 cm³/mol. The molecule has 0 aliphatic heterocycles. The van der Waals surface area contributed by atoms with Crippen LogP contribution in [0.2, 0.25) is 5.02 Å². The molecule has 2 rings (SSSR count). The van der Waals surface area contributed by atoms with Crippen LogP contribution >= 0.6 is 11.6 Å². The Balaban J connectivity index is 2.08. The number of hydrogen-bond acceptors (Lipinski definition) is 2. The molecular formula is C16H15ClFNO2S. The number of nitrogens with one attached hydrogen (secondary N) is 1. The number of carbonyl (C=O) groups excluding carboxylic acids is 1. The van der Waals surface area contributed by atoms with Crippen LogP contribution in [-0.2, 0) is 27.8 Å². The summed E-state index contributed by atoms with van der Waals surface area (Å²) < 4.78 is 24.8. The molecule has 1 amide bonds. The number of halogens is 2. The van der Waals surface area contributed by atoms with Crippen molar-refractivity contribution in [3.05, 3.63) is 64.4 Å². The fourth-order valence-electron chi connectivity index (χ4n) is 2.00. The number of anilines is 1. The quantitative estimate of drug-likeness (QED) is 0.905. The standard InChI is InChI=1S/C16H15ClFNO2S/c1-22(21)10-12-8-13(6-7-14(12)17)19-16(20)9-11-4-2-3-5-15(11)18/h2-8H,9-10H2,1H3,(H,19,20)/t22-/m1/s1. The summed E-state index contributed by atoms with van der Waals surface area (Å²) in [7, 11) is -1.03. The van der Waals surface area contributed by atoms with Crippen LogP contribution in [0.3, 0.4) is 0 Å². The van der Waals surface area contributed by atoms with E-state index in [1.165, 1.54) is 6.07 Å². The molecule has 1 N–H and O–H groups in total. The molecule has 0 heterocycles. The summed E-state index contributed by atoms with van der Waals surface area (Å²) in [5, 5.41) is 3.20. The lowest BCUT2D eigenvalue weighted by atomic mass is 10.1. The summed E-state index contributed by atoms with van der Waals surface area (Å²) in [5.41, 5.74) is 1.58. The molecule has 0 fully saturated rings. The average Bonchev–Trinajstić information content (AvgIpc) is 2.44. The fourth-order valence-corrected chi connectivity index (χ4v) is 2.94. The van der Waals surface area contributed by atoms with Crippen LogP contribution in [-0.4, -0.2) is 16.4 Å². The average molecular weight is 340 g/mol. The van der Waals surface area contributed by atoms with Gasteiger partial charge in [0.25, 0.3) is 0 Å². The minimum absolute atomic E-state index is 0.0512. The van der Waals surface area contributed by atoms with Gasteiger partial charge in [-0.3, -0.25) is 9.00 Å². The van der Waals surface area contributed by atoms with Crippen LogP contribution in [0, 0.1) is 5.82 Å². The molecule has 3 nitrogen and oxygen atoms in total. The van der Waals surface area contributed by atoms with Crippen LogP contribution < -0.4 is 5.32 Å². The Morgan fingerprint density at radius 3 is 2.64 bits per heavy atom. The number of hydrogen-bond donors (Lipinski definition) is 1. The van der Waals surface area contributed by atoms with E-state index in [1.807, 2.05) is 0 Å². The predicted octanol–water partition coefficient (Wildman–Crippen LogP) is 3.54. The lowest BCUT2D eigenvalue weighted by Crippen LogP contribution is -2.15. The normalized spacial score (nSPS) is 12.0. The van der Waals surface area contributed by atoms with E-state index in [-0.39, 0.29) is 12.3 Å². The zero-order valence-corrected chi connectivity index (χ0v) is 13.5. The van der Waals surface area contributed by atoms with Crippen molar-refractivity contribution >= 4 is 34.0 Å². The van der Waals surface area contributed by atoms with Crippen molar-refractivity contribution in [2.24, 2.45) is 0 Å². The molecule has 0 bridgehead atoms. The third-order valence-corrected chi connectivity index (χ3v) is 4.08. The highest BCUT2D eigenvalue weighted by molar-refractivity contribution is 7.83. The summed E-state index contributed by atoms with van der Waals surface area (Å²) in [6.07, 6.45) is 1.53. The first-order valence-corrected chi connectivity index (χ1v) is 8.68. The Labute approximate surface area is 136 Å². The summed E-state index contributed by atoms with van der Waals surface area (Å²) >= 11 is 6.03. The number of carbonyl (C=O) groups is 1. The van der Waals surface area contributed by atoms with Gasteiger partial charge in [0, 0.05) is 33.5 Å². The molecule has 0 radical (unpaired) electrons. The largest absolute Gasteiger partial charge is 0.326 e. The maximum absolute atomic E-state index is 13.5. The topological polar surface area (TPSA) is 46.2 Å². The Hall–Kier alpha value is -1.72. The first kappa shape index (κ1) is 16.6. The number of benzene rings is 2. The zero-order chi connectivity index (χ0) is 16.1. The summed E-state index contributed by atoms with van der Waals surface area (Å²) in [5.74, 6) is -0.414. The summed E-state index contributed by atoms with van der Waals surface area (Å²) in [6, 6.07) is 11.1. The van der Waals surface area contributed by atoms with E-state index < -0.39 is 16.6 Å². The lowest BCUT2D eigenvalue weighted by molar-refractivity contribution is -0.115. The highest BCUT2D eigenvalue weighted by atomic mass is 35.5. The molecule has 0 aliphatic rings. The number of rotatable bonds is 5. The first-order valence-electron chi connectivity index (χ1n) is 6.57. The van der Waals surface area contributed by atoms with Crippen molar-refractivity contribution in [1.82, 2.24) is 0 Å². The molecule has 1 atom stereocenters. The molecule has 2 aromatic rings. The SMILES string of the molecule is C[S@@](=O)Cc1cc(NC(=O)Cc2ccccc2F)ccc1Cl. The van der Waals surface area contributed by atoms with E-state index in [9.17, 15) is 13.4 Å². The van der Waals surface area contributed by atoms with Gasteiger partial charge in [0.05, 0.1) is 6.42 Å². The minimum Gasteiger partial charge on any atom is -0.326 e. The molecule has 0 saturated carbocycles. The van der Waals surface area contributed by atoms with Gasteiger partial charge in [-0.1, -0.05) is 29.8 Å². The summed E-state index contributed by atoms with van der Waals surface area (Å²) in [4.78, 5) is 12.0. The van der Waals surface area contributed by atoms with Gasteiger partial charge in [0.2, 0.25) is 5.91 Å². The van der Waals surface area contributed by atoms with Gasteiger partial charge in [0.15, 0.2) is 0 Å². The molecule has 22 heavy (non-hydrogen) atoms.